The van der Waals surface area contributed by atoms with E-state index in [1.54, 1.807) is 0 Å². The fraction of sp³-hybridized carbons (Fsp3) is 1.00. The van der Waals surface area contributed by atoms with Crippen molar-refractivity contribution in [2.24, 2.45) is 0 Å². The van der Waals surface area contributed by atoms with Gasteiger partial charge in [0.05, 0.1) is 6.42 Å². The van der Waals surface area contributed by atoms with Crippen LogP contribution in [0.5, 0.6) is 0 Å². The van der Waals surface area contributed by atoms with Gasteiger partial charge in [-0.15, -0.1) is 4.20 Å². The molecule has 0 aliphatic heterocycles. The molecule has 17 heavy (non-hydrogen) atoms. The molecule has 0 saturated carbocycles. The van der Waals surface area contributed by atoms with E-state index in [1.807, 2.05) is 0 Å². The van der Waals surface area contributed by atoms with E-state index in [2.05, 4.69) is 4.52 Å². The highest BCUT2D eigenvalue weighted by Gasteiger charge is 2.52. The highest BCUT2D eigenvalue weighted by atomic mass is 31.2. The van der Waals surface area contributed by atoms with Crippen LogP contribution in [0.2, 0.25) is 0 Å². The molecule has 0 aliphatic rings. The first-order chi connectivity index (χ1) is 7.22. The molecule has 3 unspecified atom stereocenters. The summed E-state index contributed by atoms with van der Waals surface area (Å²) in [5.41, 5.74) is 0. The van der Waals surface area contributed by atoms with Crippen LogP contribution < -0.4 is 0 Å². The Labute approximate surface area is 89.0 Å². The van der Waals surface area contributed by atoms with Crippen molar-refractivity contribution < 1.29 is 48.9 Å². The fourth-order valence-electron chi connectivity index (χ4n) is 0.799. The van der Waals surface area contributed by atoms with E-state index < -0.39 is 39.0 Å². The lowest BCUT2D eigenvalue weighted by Crippen LogP contribution is -2.41. The lowest BCUT2D eigenvalue weighted by molar-refractivity contribution is -0.229. The van der Waals surface area contributed by atoms with Gasteiger partial charge in [0.1, 0.15) is 6.17 Å². The van der Waals surface area contributed by atoms with Gasteiger partial charge < -0.3 is 0 Å². The highest BCUT2D eigenvalue weighted by Crippen LogP contribution is 2.49. The molecule has 0 amide bonds. The lowest BCUT2D eigenvalue weighted by Gasteiger charge is -2.24. The maximum absolute atomic E-state index is 12.6. The average Bonchev–Trinajstić information content (AvgIpc) is 1.92. The van der Waals surface area contributed by atoms with Crippen molar-refractivity contribution in [2.75, 3.05) is 0 Å². The minimum Gasteiger partial charge on any atom is -0.299 e. The predicted octanol–water partition coefficient (Wildman–Crippen LogP) is 3.29. The second kappa shape index (κ2) is 5.07. The van der Waals surface area contributed by atoms with Gasteiger partial charge >= 0.3 is 20.3 Å². The molecular weight excluding hydrogens is 291 g/mol. The quantitative estimate of drug-likeness (QED) is 0.639. The summed E-state index contributed by atoms with van der Waals surface area (Å²) in [6.07, 6.45) is -21.4. The number of halogens is 8. The van der Waals surface area contributed by atoms with E-state index in [0.29, 0.717) is 0 Å². The molecule has 12 heteroatoms. The topological polar surface area (TPSA) is 46.5 Å². The second-order valence-corrected chi connectivity index (χ2v) is 3.97. The molecule has 0 heterocycles. The molecule has 0 aromatic heterocycles. The van der Waals surface area contributed by atoms with Crippen LogP contribution in [0.3, 0.4) is 0 Å². The summed E-state index contributed by atoms with van der Waals surface area (Å²) in [7, 11) is -6.27. The van der Waals surface area contributed by atoms with E-state index in [1.165, 1.54) is 0 Å². The minimum atomic E-state index is -6.27. The fourth-order valence-corrected chi connectivity index (χ4v) is 1.33. The zero-order valence-corrected chi connectivity index (χ0v) is 8.49. The Kier molecular flexibility index (Phi) is 4.95. The normalized spacial score (nSPS) is 20.8. The number of hydrogen-bond acceptors (Lipinski definition) is 2. The summed E-state index contributed by atoms with van der Waals surface area (Å²) in [5, 5.41) is 0. The Morgan fingerprint density at radius 1 is 1.18 bits per heavy atom. The summed E-state index contributed by atoms with van der Waals surface area (Å²) >= 11 is 0. The van der Waals surface area contributed by atoms with E-state index in [0.717, 1.165) is 0 Å². The first-order valence-electron chi connectivity index (χ1n) is 3.71. The Bertz CT molecular complexity index is 293. The van der Waals surface area contributed by atoms with Crippen molar-refractivity contribution in [3.8, 4) is 0 Å². The van der Waals surface area contributed by atoms with Crippen LogP contribution in [0, 0.1) is 0 Å². The third-order valence-corrected chi connectivity index (χ3v) is 1.81. The predicted molar refractivity (Wildman–Crippen MR) is 37.4 cm³/mol. The molecule has 3 nitrogen and oxygen atoms in total. The molecule has 0 rings (SSSR count). The van der Waals surface area contributed by atoms with Crippen molar-refractivity contribution in [1.29, 1.82) is 0 Å². The Balaban J connectivity index is 4.89. The smallest absolute Gasteiger partial charge is 0.299 e. The van der Waals surface area contributed by atoms with Crippen molar-refractivity contribution >= 4 is 7.91 Å². The van der Waals surface area contributed by atoms with Crippen LogP contribution in [0.1, 0.15) is 6.42 Å². The molecule has 0 radical (unpaired) electrons. The van der Waals surface area contributed by atoms with Crippen LogP contribution in [-0.2, 0) is 9.09 Å². The monoisotopic (exact) mass is 296 g/mol. The van der Waals surface area contributed by atoms with Crippen LogP contribution in [0.15, 0.2) is 0 Å². The average molecular weight is 296 g/mol. The van der Waals surface area contributed by atoms with Gasteiger partial charge in [-0.05, 0) is 0 Å². The van der Waals surface area contributed by atoms with Crippen molar-refractivity contribution in [3.63, 3.8) is 0 Å². The van der Waals surface area contributed by atoms with Gasteiger partial charge in [0.25, 0.3) is 0 Å². The molecule has 0 spiro atoms. The van der Waals surface area contributed by atoms with Crippen molar-refractivity contribution in [2.45, 2.75) is 31.0 Å². The number of rotatable bonds is 4. The summed E-state index contributed by atoms with van der Waals surface area (Å²) in [6, 6.07) is 0. The molecule has 0 saturated heterocycles. The number of alkyl halides is 7. The zero-order chi connectivity index (χ0) is 14.1. The molecule has 0 fully saturated rings. The maximum atomic E-state index is 12.6. The largest absolute Gasteiger partial charge is 0.511 e. The van der Waals surface area contributed by atoms with Gasteiger partial charge in [-0.1, -0.05) is 0 Å². The van der Waals surface area contributed by atoms with Crippen molar-refractivity contribution in [1.82, 2.24) is 0 Å². The van der Waals surface area contributed by atoms with E-state index in [-0.39, 0.29) is 0 Å². The molecule has 104 valence electrons. The molecule has 0 aromatic rings. The third kappa shape index (κ3) is 7.50. The van der Waals surface area contributed by atoms with Gasteiger partial charge in [0.2, 0.25) is 0 Å². The van der Waals surface area contributed by atoms with Gasteiger partial charge in [0.15, 0.2) is 6.10 Å². The maximum Gasteiger partial charge on any atom is 0.511 e. The first-order valence-corrected chi connectivity index (χ1v) is 5.17. The van der Waals surface area contributed by atoms with E-state index in [9.17, 15) is 39.5 Å². The second-order valence-electron chi connectivity index (χ2n) is 2.85. The van der Waals surface area contributed by atoms with Gasteiger partial charge in [0, 0.05) is 0 Å². The Morgan fingerprint density at radius 2 is 1.59 bits per heavy atom. The molecule has 0 aliphatic carbocycles. The molecule has 0 bridgehead atoms. The third-order valence-electron chi connectivity index (χ3n) is 1.32. The summed E-state index contributed by atoms with van der Waals surface area (Å²) in [5.74, 6) is 0. The Morgan fingerprint density at radius 3 is 1.82 bits per heavy atom. The summed E-state index contributed by atoms with van der Waals surface area (Å²) < 4.78 is 108. The van der Waals surface area contributed by atoms with Gasteiger partial charge in [-0.3, -0.25) is 9.42 Å². The summed E-state index contributed by atoms with van der Waals surface area (Å²) in [4.78, 5) is 7.82. The van der Waals surface area contributed by atoms with Gasteiger partial charge in [-0.2, -0.15) is 26.3 Å². The lowest BCUT2D eigenvalue weighted by atomic mass is 10.1. The molecule has 1 N–H and O–H groups in total. The van der Waals surface area contributed by atoms with Crippen LogP contribution in [-0.4, -0.2) is 29.5 Å². The van der Waals surface area contributed by atoms with Crippen LogP contribution in [0.4, 0.5) is 34.9 Å². The Hall–Kier alpha value is -0.410. The molecule has 3 atom stereocenters. The standard InChI is InChI=1S/C5H5F8O3P/c6-2(1-4(7,8)9)3(5(10,11)12)16-17(13,14)15/h2-3H,1H2,(H,14,15). The first kappa shape index (κ1) is 16.6. The van der Waals surface area contributed by atoms with E-state index >= 15 is 0 Å². The number of hydrogen-bond donors (Lipinski definition) is 1. The minimum absolute atomic E-state index is 2.59. The van der Waals surface area contributed by atoms with Gasteiger partial charge in [-0.25, -0.2) is 8.96 Å². The zero-order valence-electron chi connectivity index (χ0n) is 7.60. The van der Waals surface area contributed by atoms with Crippen LogP contribution in [0.25, 0.3) is 0 Å². The van der Waals surface area contributed by atoms with E-state index in [4.69, 9.17) is 4.89 Å². The highest BCUT2D eigenvalue weighted by molar-refractivity contribution is 7.46. The molecular formula is C5H5F8O3P. The van der Waals surface area contributed by atoms with Crippen LogP contribution >= 0.6 is 7.91 Å². The SMILES string of the molecule is O=P(O)(F)OC(C(F)CC(F)(F)F)C(F)(F)F. The molecule has 0 aromatic carbocycles. The van der Waals surface area contributed by atoms with Crippen molar-refractivity contribution in [3.05, 3.63) is 0 Å². The summed E-state index contributed by atoms with van der Waals surface area (Å²) in [6.45, 7) is 0.